The van der Waals surface area contributed by atoms with Crippen LogP contribution in [0, 0.1) is 11.7 Å². The minimum atomic E-state index is -3.75. The number of halogens is 2. The Bertz CT molecular complexity index is 1150. The zero-order valence-electron chi connectivity index (χ0n) is 16.8. The van der Waals surface area contributed by atoms with Crippen molar-refractivity contribution in [2.24, 2.45) is 5.92 Å². The highest BCUT2D eigenvalue weighted by atomic mass is 35.5. The Labute approximate surface area is 185 Å². The minimum absolute atomic E-state index is 0.0709. The number of benzene rings is 2. The molecule has 2 amide bonds. The molecule has 164 valence electrons. The van der Waals surface area contributed by atoms with E-state index in [4.69, 9.17) is 11.6 Å². The number of hydrogen-bond donors (Lipinski definition) is 0. The number of rotatable bonds is 3. The van der Waals surface area contributed by atoms with E-state index in [1.807, 2.05) is 4.90 Å². The molecule has 2 aliphatic heterocycles. The van der Waals surface area contributed by atoms with Gasteiger partial charge in [0.1, 0.15) is 5.82 Å². The van der Waals surface area contributed by atoms with Crippen LogP contribution in [0.15, 0.2) is 42.5 Å². The van der Waals surface area contributed by atoms with Crippen molar-refractivity contribution in [2.75, 3.05) is 41.1 Å². The lowest BCUT2D eigenvalue weighted by atomic mass is 10.1. The maximum atomic E-state index is 14.0. The second kappa shape index (κ2) is 8.12. The summed E-state index contributed by atoms with van der Waals surface area (Å²) >= 11 is 6.30. The van der Waals surface area contributed by atoms with Gasteiger partial charge in [-0.05, 0) is 30.3 Å². The Kier molecular flexibility index (Phi) is 5.65. The first-order valence-electron chi connectivity index (χ1n) is 9.84. The van der Waals surface area contributed by atoms with Crippen LogP contribution in [0.5, 0.6) is 0 Å². The molecule has 7 nitrogen and oxygen atoms in total. The Hall–Kier alpha value is -2.65. The van der Waals surface area contributed by atoms with Gasteiger partial charge in [-0.3, -0.25) is 9.59 Å². The predicted molar refractivity (Wildman–Crippen MR) is 116 cm³/mol. The smallest absolute Gasteiger partial charge is 0.255 e. The normalized spacial score (nSPS) is 20.9. The van der Waals surface area contributed by atoms with Gasteiger partial charge in [-0.1, -0.05) is 30.7 Å². The first-order valence-corrected chi connectivity index (χ1v) is 11.8. The summed E-state index contributed by atoms with van der Waals surface area (Å²) in [6.07, 6.45) is 0. The van der Waals surface area contributed by atoms with Crippen molar-refractivity contribution in [1.29, 1.82) is 0 Å². The molecule has 31 heavy (non-hydrogen) atoms. The highest BCUT2D eigenvalue weighted by molar-refractivity contribution is 7.94. The van der Waals surface area contributed by atoms with Crippen LogP contribution < -0.4 is 9.21 Å². The van der Waals surface area contributed by atoms with Gasteiger partial charge in [0.25, 0.3) is 5.91 Å². The summed E-state index contributed by atoms with van der Waals surface area (Å²) in [5.41, 5.74) is 0.852. The van der Waals surface area contributed by atoms with Gasteiger partial charge in [0.2, 0.25) is 15.9 Å². The number of amides is 2. The van der Waals surface area contributed by atoms with Crippen molar-refractivity contribution < 1.29 is 22.4 Å². The molecular weight excluding hydrogens is 445 g/mol. The van der Waals surface area contributed by atoms with Crippen LogP contribution in [0.2, 0.25) is 5.02 Å². The van der Waals surface area contributed by atoms with Crippen molar-refractivity contribution in [3.05, 3.63) is 58.9 Å². The number of sulfonamides is 1. The number of para-hydroxylation sites is 1. The molecule has 1 unspecified atom stereocenters. The Morgan fingerprint density at radius 1 is 1.10 bits per heavy atom. The van der Waals surface area contributed by atoms with E-state index < -0.39 is 21.8 Å². The lowest BCUT2D eigenvalue weighted by Crippen LogP contribution is -2.49. The molecule has 4 rings (SSSR count). The van der Waals surface area contributed by atoms with E-state index in [9.17, 15) is 22.4 Å². The SMILES string of the molecule is CC1CS(=O)(=O)N(c2ccc(C(=O)N3CCN(c4ccccc4F)CC3)c(Cl)c2)C1=O. The van der Waals surface area contributed by atoms with Gasteiger partial charge >= 0.3 is 0 Å². The van der Waals surface area contributed by atoms with Crippen molar-refractivity contribution in [2.45, 2.75) is 6.92 Å². The summed E-state index contributed by atoms with van der Waals surface area (Å²) in [6.45, 7) is 3.28. The molecule has 0 saturated carbocycles. The minimum Gasteiger partial charge on any atom is -0.366 e. The molecule has 0 spiro atoms. The number of hydrogen-bond acceptors (Lipinski definition) is 5. The third-order valence-corrected chi connectivity index (χ3v) is 7.72. The summed E-state index contributed by atoms with van der Waals surface area (Å²) in [4.78, 5) is 28.7. The molecule has 2 saturated heterocycles. The topological polar surface area (TPSA) is 78.0 Å². The summed E-state index contributed by atoms with van der Waals surface area (Å²) in [5, 5.41) is 0.0709. The van der Waals surface area contributed by atoms with Gasteiger partial charge < -0.3 is 9.80 Å². The van der Waals surface area contributed by atoms with E-state index >= 15 is 0 Å². The molecule has 1 atom stereocenters. The van der Waals surface area contributed by atoms with Crippen LogP contribution in [0.3, 0.4) is 0 Å². The summed E-state index contributed by atoms with van der Waals surface area (Å²) < 4.78 is 39.3. The Morgan fingerprint density at radius 2 is 1.77 bits per heavy atom. The second-order valence-corrected chi connectivity index (χ2v) is 9.95. The highest BCUT2D eigenvalue weighted by Crippen LogP contribution is 2.32. The standard InChI is InChI=1S/C21H21ClFN3O4S/c1-14-13-31(29,30)26(20(14)27)15-6-7-16(17(22)12-15)21(28)25-10-8-24(9-11-25)19-5-3-2-4-18(19)23/h2-7,12,14H,8-11,13H2,1H3. The van der Waals surface area contributed by atoms with Gasteiger partial charge in [0, 0.05) is 26.2 Å². The first kappa shape index (κ1) is 21.6. The van der Waals surface area contributed by atoms with Crippen molar-refractivity contribution in [3.8, 4) is 0 Å². The largest absolute Gasteiger partial charge is 0.366 e. The number of carbonyl (C=O) groups is 2. The molecule has 0 radical (unpaired) electrons. The molecule has 10 heteroatoms. The molecule has 2 heterocycles. The number of carbonyl (C=O) groups excluding carboxylic acids is 2. The number of nitrogens with zero attached hydrogens (tertiary/aromatic N) is 3. The van der Waals surface area contributed by atoms with E-state index in [0.717, 1.165) is 4.31 Å². The van der Waals surface area contributed by atoms with Crippen LogP contribution in [0.1, 0.15) is 17.3 Å². The van der Waals surface area contributed by atoms with Gasteiger partial charge in [0.05, 0.1) is 33.6 Å². The molecular formula is C21H21ClFN3O4S. The second-order valence-electron chi connectivity index (χ2n) is 7.68. The number of anilines is 2. The van der Waals surface area contributed by atoms with E-state index in [0.29, 0.717) is 31.9 Å². The molecule has 0 bridgehead atoms. The van der Waals surface area contributed by atoms with Crippen molar-refractivity contribution in [1.82, 2.24) is 4.90 Å². The molecule has 0 aliphatic carbocycles. The lowest BCUT2D eigenvalue weighted by Gasteiger charge is -2.36. The van der Waals surface area contributed by atoms with Gasteiger partial charge in [-0.25, -0.2) is 17.1 Å². The third kappa shape index (κ3) is 3.99. The summed E-state index contributed by atoms with van der Waals surface area (Å²) in [5.74, 6) is -2.00. The maximum Gasteiger partial charge on any atom is 0.255 e. The molecule has 2 aromatic rings. The van der Waals surface area contributed by atoms with Crippen molar-refractivity contribution >= 4 is 44.8 Å². The predicted octanol–water partition coefficient (Wildman–Crippen LogP) is 2.75. The number of piperazine rings is 1. The monoisotopic (exact) mass is 465 g/mol. The quantitative estimate of drug-likeness (QED) is 0.696. The zero-order valence-corrected chi connectivity index (χ0v) is 18.4. The summed E-state index contributed by atoms with van der Waals surface area (Å²) in [7, 11) is -3.75. The van der Waals surface area contributed by atoms with E-state index in [2.05, 4.69) is 0 Å². The molecule has 0 aromatic heterocycles. The maximum absolute atomic E-state index is 14.0. The van der Waals surface area contributed by atoms with Gasteiger partial charge in [-0.2, -0.15) is 0 Å². The average Bonchev–Trinajstić information content (AvgIpc) is 2.94. The Morgan fingerprint density at radius 3 is 2.35 bits per heavy atom. The van der Waals surface area contributed by atoms with Gasteiger partial charge in [0.15, 0.2) is 0 Å². The highest BCUT2D eigenvalue weighted by Gasteiger charge is 2.42. The molecule has 2 aromatic carbocycles. The van der Waals surface area contributed by atoms with E-state index in [1.165, 1.54) is 24.3 Å². The fourth-order valence-corrected chi connectivity index (χ4v) is 5.99. The van der Waals surface area contributed by atoms with E-state index in [-0.39, 0.29) is 33.8 Å². The Balaban J connectivity index is 1.49. The molecule has 2 aliphatic rings. The summed E-state index contributed by atoms with van der Waals surface area (Å²) in [6, 6.07) is 10.7. The van der Waals surface area contributed by atoms with E-state index in [1.54, 1.807) is 30.0 Å². The van der Waals surface area contributed by atoms with Crippen LogP contribution in [-0.4, -0.2) is 57.1 Å². The molecule has 2 fully saturated rings. The third-order valence-electron chi connectivity index (χ3n) is 5.54. The fourth-order valence-electron chi connectivity index (χ4n) is 3.92. The van der Waals surface area contributed by atoms with Crippen LogP contribution >= 0.6 is 11.6 Å². The van der Waals surface area contributed by atoms with Gasteiger partial charge in [-0.15, -0.1) is 0 Å². The average molecular weight is 466 g/mol. The van der Waals surface area contributed by atoms with Crippen LogP contribution in [-0.2, 0) is 14.8 Å². The molecule has 0 N–H and O–H groups in total. The zero-order chi connectivity index (χ0) is 22.3. The fraction of sp³-hybridized carbons (Fsp3) is 0.333. The lowest BCUT2D eigenvalue weighted by molar-refractivity contribution is -0.119. The van der Waals surface area contributed by atoms with Crippen molar-refractivity contribution in [3.63, 3.8) is 0 Å². The first-order chi connectivity index (χ1) is 14.7. The van der Waals surface area contributed by atoms with Crippen LogP contribution in [0.25, 0.3) is 0 Å². The van der Waals surface area contributed by atoms with Crippen LogP contribution in [0.4, 0.5) is 15.8 Å².